The standard InChI is InChI=1S/C30H42N2O7/c1-5-24(35)32(14-17-6-7-18-12-21(17)30(18,2)3)22-13-20(29(37)31-8-9-33)25-19-10-16(15-34)11-23(38-4)27(19)39-28(25)26(22)36/h10-11,13,17-18,21-22,25-26,28,33-34,36H,5-9,12,14-15H2,1-4H3,(H,31,37)/t17-,18-,21-,22+,25-,26-,28-/m0/s1. The molecule has 39 heavy (non-hydrogen) atoms. The minimum Gasteiger partial charge on any atom is -0.493 e. The van der Waals surface area contributed by atoms with Crippen molar-refractivity contribution in [1.29, 1.82) is 0 Å². The minimum absolute atomic E-state index is 0.0706. The van der Waals surface area contributed by atoms with Crippen LogP contribution in [0.4, 0.5) is 0 Å². The van der Waals surface area contributed by atoms with Gasteiger partial charge in [-0.25, -0.2) is 0 Å². The first-order chi connectivity index (χ1) is 18.7. The molecule has 214 valence electrons. The van der Waals surface area contributed by atoms with Crippen LogP contribution in [0.1, 0.15) is 63.5 Å². The number of aliphatic hydroxyl groups excluding tert-OH is 3. The number of aliphatic hydroxyl groups is 3. The summed E-state index contributed by atoms with van der Waals surface area (Å²) >= 11 is 0. The van der Waals surface area contributed by atoms with Crippen LogP contribution >= 0.6 is 0 Å². The summed E-state index contributed by atoms with van der Waals surface area (Å²) in [6, 6.07) is 2.71. The number of methoxy groups -OCH3 is 1. The largest absolute Gasteiger partial charge is 0.493 e. The van der Waals surface area contributed by atoms with Crippen LogP contribution in [-0.2, 0) is 16.2 Å². The molecular weight excluding hydrogens is 500 g/mol. The van der Waals surface area contributed by atoms with Gasteiger partial charge < -0.3 is 35.0 Å². The van der Waals surface area contributed by atoms with E-state index in [0.717, 1.165) is 18.8 Å². The average Bonchev–Trinajstić information content (AvgIpc) is 3.34. The molecule has 6 rings (SSSR count). The molecule has 1 aliphatic heterocycles. The summed E-state index contributed by atoms with van der Waals surface area (Å²) in [5, 5.41) is 33.7. The van der Waals surface area contributed by atoms with Gasteiger partial charge in [0.2, 0.25) is 11.8 Å². The zero-order valence-electron chi connectivity index (χ0n) is 23.4. The molecule has 0 saturated heterocycles. The SMILES string of the molecule is CCC(=O)N(C[C@@H]1CC[C@H]2C[C@@H]1C2(C)C)[C@@H]1C=C(C(=O)NCCO)[C@@H]2c3cc(CO)cc(OC)c3O[C@@H]2[C@H]1O. The van der Waals surface area contributed by atoms with E-state index in [0.29, 0.717) is 46.6 Å². The molecule has 2 bridgehead atoms. The Kier molecular flexibility index (Phi) is 7.70. The Labute approximate surface area is 230 Å². The van der Waals surface area contributed by atoms with Crippen molar-refractivity contribution in [2.45, 2.75) is 77.2 Å². The van der Waals surface area contributed by atoms with Crippen molar-refractivity contribution in [3.05, 3.63) is 34.9 Å². The molecule has 5 aliphatic rings. The van der Waals surface area contributed by atoms with Crippen molar-refractivity contribution in [1.82, 2.24) is 10.2 Å². The van der Waals surface area contributed by atoms with Gasteiger partial charge >= 0.3 is 0 Å². The van der Waals surface area contributed by atoms with Crippen LogP contribution in [0.2, 0.25) is 0 Å². The zero-order chi connectivity index (χ0) is 28.1. The summed E-state index contributed by atoms with van der Waals surface area (Å²) in [6.45, 7) is 6.64. The average molecular weight is 543 g/mol. The molecule has 1 aromatic rings. The predicted molar refractivity (Wildman–Crippen MR) is 144 cm³/mol. The fourth-order valence-corrected chi connectivity index (χ4v) is 7.65. The lowest BCUT2D eigenvalue weighted by Crippen LogP contribution is -2.59. The molecule has 0 unspecified atom stereocenters. The number of ether oxygens (including phenoxy) is 2. The maximum Gasteiger partial charge on any atom is 0.247 e. The van der Waals surface area contributed by atoms with E-state index >= 15 is 0 Å². The van der Waals surface area contributed by atoms with Crippen molar-refractivity contribution in [3.8, 4) is 11.5 Å². The Morgan fingerprint density at radius 3 is 2.62 bits per heavy atom. The lowest BCUT2D eigenvalue weighted by Gasteiger charge is -2.61. The van der Waals surface area contributed by atoms with Crippen molar-refractivity contribution < 1.29 is 34.4 Å². The second kappa shape index (κ2) is 10.7. The number of nitrogens with zero attached hydrogens (tertiary/aromatic N) is 1. The molecule has 4 aliphatic carbocycles. The molecule has 7 atom stereocenters. The van der Waals surface area contributed by atoms with Crippen LogP contribution < -0.4 is 14.8 Å². The Morgan fingerprint density at radius 1 is 1.23 bits per heavy atom. The fraction of sp³-hybridized carbons (Fsp3) is 0.667. The molecule has 1 heterocycles. The third kappa shape index (κ3) is 4.62. The van der Waals surface area contributed by atoms with E-state index in [9.17, 15) is 24.9 Å². The van der Waals surface area contributed by atoms with Gasteiger partial charge in [0.05, 0.1) is 32.3 Å². The van der Waals surface area contributed by atoms with Crippen molar-refractivity contribution in [2.75, 3.05) is 26.8 Å². The first-order valence-corrected chi connectivity index (χ1v) is 14.2. The third-order valence-corrected chi connectivity index (χ3v) is 9.91. The first-order valence-electron chi connectivity index (χ1n) is 14.2. The van der Waals surface area contributed by atoms with Crippen LogP contribution in [0, 0.1) is 23.2 Å². The van der Waals surface area contributed by atoms with E-state index in [2.05, 4.69) is 19.2 Å². The number of hydrogen-bond acceptors (Lipinski definition) is 7. The predicted octanol–water partition coefficient (Wildman–Crippen LogP) is 2.12. The number of carbonyl (C=O) groups is 2. The second-order valence-corrected chi connectivity index (χ2v) is 12.1. The quantitative estimate of drug-likeness (QED) is 0.376. The van der Waals surface area contributed by atoms with E-state index in [1.54, 1.807) is 23.1 Å². The van der Waals surface area contributed by atoms with Gasteiger partial charge in [0.1, 0.15) is 12.2 Å². The number of carbonyl (C=O) groups excluding carboxylic acids is 2. The summed E-state index contributed by atoms with van der Waals surface area (Å²) in [7, 11) is 1.50. The lowest BCUT2D eigenvalue weighted by molar-refractivity contribution is -0.146. The van der Waals surface area contributed by atoms with Gasteiger partial charge in [-0.3, -0.25) is 9.59 Å². The molecule has 4 N–H and O–H groups in total. The Morgan fingerprint density at radius 2 is 2.00 bits per heavy atom. The summed E-state index contributed by atoms with van der Waals surface area (Å²) in [5.41, 5.74) is 1.88. The van der Waals surface area contributed by atoms with Crippen LogP contribution in [0.3, 0.4) is 0 Å². The van der Waals surface area contributed by atoms with Crippen LogP contribution in [0.15, 0.2) is 23.8 Å². The normalized spacial score (nSPS) is 31.7. The van der Waals surface area contributed by atoms with Gasteiger partial charge in [0.25, 0.3) is 0 Å². The molecule has 0 spiro atoms. The molecule has 0 radical (unpaired) electrons. The van der Waals surface area contributed by atoms with Gasteiger partial charge in [-0.15, -0.1) is 0 Å². The van der Waals surface area contributed by atoms with E-state index in [-0.39, 0.29) is 43.4 Å². The molecule has 1 aromatic carbocycles. The van der Waals surface area contributed by atoms with Crippen molar-refractivity contribution >= 4 is 11.8 Å². The van der Waals surface area contributed by atoms with E-state index < -0.39 is 24.2 Å². The highest BCUT2D eigenvalue weighted by atomic mass is 16.5. The number of fused-ring (bicyclic) bond motifs is 5. The Hall–Kier alpha value is -2.62. The van der Waals surface area contributed by atoms with E-state index in [1.807, 2.05) is 6.92 Å². The number of benzene rings is 1. The minimum atomic E-state index is -1.08. The molecule has 9 nitrogen and oxygen atoms in total. The molecule has 3 saturated carbocycles. The molecule has 2 amide bonds. The maximum atomic E-state index is 13.5. The summed E-state index contributed by atoms with van der Waals surface area (Å²) in [6.07, 6.45) is 3.49. The topological polar surface area (TPSA) is 129 Å². The molecule has 9 heteroatoms. The number of nitrogens with one attached hydrogen (secondary N) is 1. The summed E-state index contributed by atoms with van der Waals surface area (Å²) in [5.74, 6) is 1.36. The van der Waals surface area contributed by atoms with Gasteiger partial charge in [-0.1, -0.05) is 20.8 Å². The second-order valence-electron chi connectivity index (χ2n) is 12.1. The van der Waals surface area contributed by atoms with E-state index in [1.165, 1.54) is 13.5 Å². The number of hydrogen-bond donors (Lipinski definition) is 4. The highest BCUT2D eigenvalue weighted by Gasteiger charge is 2.56. The highest BCUT2D eigenvalue weighted by Crippen LogP contribution is 2.61. The smallest absolute Gasteiger partial charge is 0.247 e. The Balaban J connectivity index is 1.54. The van der Waals surface area contributed by atoms with Crippen molar-refractivity contribution in [2.24, 2.45) is 23.2 Å². The third-order valence-electron chi connectivity index (χ3n) is 9.91. The molecule has 3 fully saturated rings. The fourth-order valence-electron chi connectivity index (χ4n) is 7.65. The number of rotatable bonds is 9. The first kappa shape index (κ1) is 27.9. The van der Waals surface area contributed by atoms with E-state index in [4.69, 9.17) is 9.47 Å². The van der Waals surface area contributed by atoms with Gasteiger partial charge in [-0.05, 0) is 66.2 Å². The summed E-state index contributed by atoms with van der Waals surface area (Å²) < 4.78 is 11.8. The monoisotopic (exact) mass is 542 g/mol. The molecular formula is C30H42N2O7. The lowest BCUT2D eigenvalue weighted by atomic mass is 9.45. The van der Waals surface area contributed by atoms with Crippen LogP contribution in [0.5, 0.6) is 11.5 Å². The maximum absolute atomic E-state index is 13.5. The van der Waals surface area contributed by atoms with Gasteiger partial charge in [0, 0.05) is 30.6 Å². The molecule has 0 aromatic heterocycles. The van der Waals surface area contributed by atoms with Gasteiger partial charge in [-0.2, -0.15) is 0 Å². The zero-order valence-corrected chi connectivity index (χ0v) is 23.4. The summed E-state index contributed by atoms with van der Waals surface area (Å²) in [4.78, 5) is 28.6. The Bertz CT molecular complexity index is 1150. The number of amides is 2. The van der Waals surface area contributed by atoms with Crippen LogP contribution in [0.25, 0.3) is 0 Å². The van der Waals surface area contributed by atoms with Crippen molar-refractivity contribution in [3.63, 3.8) is 0 Å². The van der Waals surface area contributed by atoms with Crippen LogP contribution in [-0.4, -0.2) is 77.1 Å². The highest BCUT2D eigenvalue weighted by molar-refractivity contribution is 5.96. The van der Waals surface area contributed by atoms with Gasteiger partial charge in [0.15, 0.2) is 11.5 Å².